The number of carbonyl (C=O) groups is 1. The second-order valence-electron chi connectivity index (χ2n) is 6.67. The Morgan fingerprint density at radius 1 is 1.45 bits per heavy atom. The highest BCUT2D eigenvalue weighted by Gasteiger charge is 2.48. The molecule has 1 fully saturated rings. The summed E-state index contributed by atoms with van der Waals surface area (Å²) in [6, 6.07) is 0.126. The van der Waals surface area contributed by atoms with Crippen LogP contribution in [0.1, 0.15) is 44.0 Å². The summed E-state index contributed by atoms with van der Waals surface area (Å²) in [5.41, 5.74) is 2.12. The van der Waals surface area contributed by atoms with Crippen LogP contribution in [-0.2, 0) is 18.3 Å². The molecule has 1 aliphatic rings. The van der Waals surface area contributed by atoms with Crippen molar-refractivity contribution < 1.29 is 4.79 Å². The summed E-state index contributed by atoms with van der Waals surface area (Å²) in [6.45, 7) is 5.20. The molecule has 1 saturated heterocycles. The highest BCUT2D eigenvalue weighted by atomic mass is 16.2. The van der Waals surface area contributed by atoms with Crippen molar-refractivity contribution in [1.82, 2.24) is 30.1 Å². The number of amides is 1. The van der Waals surface area contributed by atoms with E-state index in [4.69, 9.17) is 0 Å². The summed E-state index contributed by atoms with van der Waals surface area (Å²) in [6.07, 6.45) is 7.68. The van der Waals surface area contributed by atoms with E-state index in [-0.39, 0.29) is 17.4 Å². The topological polar surface area (TPSA) is 79.7 Å². The lowest BCUT2D eigenvalue weighted by molar-refractivity contribution is -0.152. The standard InChI is InChI=1S/C15H22N6O/c1-15(2)10-21(14(15)11-7-17-20(3)9-11)13(22)6-4-5-12-8-16-19-18-12/h7-9,14H,4-6,10H2,1-3H3,(H,16,18,19). The molecule has 0 aliphatic carbocycles. The number of likely N-dealkylation sites (tertiary alicyclic amines) is 1. The Morgan fingerprint density at radius 2 is 2.27 bits per heavy atom. The van der Waals surface area contributed by atoms with E-state index in [9.17, 15) is 4.79 Å². The predicted molar refractivity (Wildman–Crippen MR) is 80.8 cm³/mol. The fourth-order valence-corrected chi connectivity index (χ4v) is 3.28. The van der Waals surface area contributed by atoms with Gasteiger partial charge in [0, 0.05) is 37.2 Å². The van der Waals surface area contributed by atoms with Crippen LogP contribution in [0.3, 0.4) is 0 Å². The summed E-state index contributed by atoms with van der Waals surface area (Å²) in [7, 11) is 1.90. The van der Waals surface area contributed by atoms with E-state index in [1.54, 1.807) is 10.9 Å². The zero-order chi connectivity index (χ0) is 15.7. The highest BCUT2D eigenvalue weighted by molar-refractivity contribution is 5.78. The number of aryl methyl sites for hydroxylation is 2. The third-order valence-corrected chi connectivity index (χ3v) is 4.28. The van der Waals surface area contributed by atoms with Crippen molar-refractivity contribution in [2.75, 3.05) is 6.54 Å². The summed E-state index contributed by atoms with van der Waals surface area (Å²) in [5.74, 6) is 0.205. The summed E-state index contributed by atoms with van der Waals surface area (Å²) in [4.78, 5) is 14.5. The first kappa shape index (κ1) is 14.7. The average Bonchev–Trinajstić information content (AvgIpc) is 3.08. The van der Waals surface area contributed by atoms with E-state index in [1.165, 1.54) is 0 Å². The van der Waals surface area contributed by atoms with Crippen LogP contribution in [0.5, 0.6) is 0 Å². The molecule has 7 nitrogen and oxygen atoms in total. The van der Waals surface area contributed by atoms with E-state index in [0.717, 1.165) is 30.6 Å². The summed E-state index contributed by atoms with van der Waals surface area (Å²) < 4.78 is 1.79. The van der Waals surface area contributed by atoms with Gasteiger partial charge < -0.3 is 4.90 Å². The Kier molecular flexibility index (Phi) is 3.72. The second-order valence-corrected chi connectivity index (χ2v) is 6.67. The molecule has 0 bridgehead atoms. The molecule has 118 valence electrons. The van der Waals surface area contributed by atoms with Crippen LogP contribution in [0.2, 0.25) is 0 Å². The van der Waals surface area contributed by atoms with Gasteiger partial charge in [-0.15, -0.1) is 0 Å². The molecule has 0 radical (unpaired) electrons. The minimum absolute atomic E-state index is 0.102. The van der Waals surface area contributed by atoms with Gasteiger partial charge in [0.05, 0.1) is 24.1 Å². The van der Waals surface area contributed by atoms with Gasteiger partial charge >= 0.3 is 0 Å². The first-order valence-electron chi connectivity index (χ1n) is 7.60. The SMILES string of the molecule is Cn1cc(C2N(C(=O)CCCc3cn[nH]n3)CC2(C)C)cn1. The third-order valence-electron chi connectivity index (χ3n) is 4.28. The molecule has 1 amide bonds. The lowest BCUT2D eigenvalue weighted by Gasteiger charge is -2.54. The Morgan fingerprint density at radius 3 is 2.86 bits per heavy atom. The molecular formula is C15H22N6O. The lowest BCUT2D eigenvalue weighted by atomic mass is 9.72. The quantitative estimate of drug-likeness (QED) is 0.907. The first-order valence-corrected chi connectivity index (χ1v) is 7.60. The Hall–Kier alpha value is -2.18. The van der Waals surface area contributed by atoms with Crippen LogP contribution >= 0.6 is 0 Å². The molecule has 3 heterocycles. The molecule has 1 unspecified atom stereocenters. The van der Waals surface area contributed by atoms with Crippen LogP contribution in [-0.4, -0.2) is 42.5 Å². The van der Waals surface area contributed by atoms with Gasteiger partial charge in [0.2, 0.25) is 5.91 Å². The van der Waals surface area contributed by atoms with Crippen molar-refractivity contribution >= 4 is 5.91 Å². The fourth-order valence-electron chi connectivity index (χ4n) is 3.28. The molecule has 1 atom stereocenters. The third kappa shape index (κ3) is 2.75. The van der Waals surface area contributed by atoms with Gasteiger partial charge in [0.15, 0.2) is 0 Å². The van der Waals surface area contributed by atoms with Gasteiger partial charge in [-0.3, -0.25) is 9.48 Å². The molecular weight excluding hydrogens is 280 g/mol. The molecule has 2 aromatic heterocycles. The van der Waals surface area contributed by atoms with Crippen molar-refractivity contribution in [3.05, 3.63) is 29.8 Å². The van der Waals surface area contributed by atoms with E-state index in [2.05, 4.69) is 34.4 Å². The largest absolute Gasteiger partial charge is 0.334 e. The van der Waals surface area contributed by atoms with Crippen molar-refractivity contribution in [2.45, 2.75) is 39.2 Å². The number of nitrogens with one attached hydrogen (secondary N) is 1. The van der Waals surface area contributed by atoms with Gasteiger partial charge in [-0.1, -0.05) is 13.8 Å². The highest BCUT2D eigenvalue weighted by Crippen LogP contribution is 2.48. The molecule has 0 spiro atoms. The van der Waals surface area contributed by atoms with E-state index in [0.29, 0.717) is 6.42 Å². The lowest BCUT2D eigenvalue weighted by Crippen LogP contribution is -2.57. The van der Waals surface area contributed by atoms with Crippen molar-refractivity contribution in [1.29, 1.82) is 0 Å². The number of H-pyrrole nitrogens is 1. The number of nitrogens with zero attached hydrogens (tertiary/aromatic N) is 5. The molecule has 3 rings (SSSR count). The van der Waals surface area contributed by atoms with E-state index in [1.807, 2.05) is 24.3 Å². The minimum atomic E-state index is 0.102. The van der Waals surface area contributed by atoms with Gasteiger partial charge in [-0.25, -0.2) is 0 Å². The number of rotatable bonds is 5. The maximum absolute atomic E-state index is 12.5. The normalized spacial score (nSPS) is 20.0. The molecule has 7 heteroatoms. The molecule has 1 N–H and O–H groups in total. The second kappa shape index (κ2) is 5.55. The monoisotopic (exact) mass is 302 g/mol. The number of aromatic amines is 1. The van der Waals surface area contributed by atoms with E-state index >= 15 is 0 Å². The van der Waals surface area contributed by atoms with Gasteiger partial charge in [-0.05, 0) is 12.8 Å². The van der Waals surface area contributed by atoms with Gasteiger partial charge in [0.25, 0.3) is 0 Å². The molecule has 2 aromatic rings. The smallest absolute Gasteiger partial charge is 0.223 e. The van der Waals surface area contributed by atoms with Crippen LogP contribution in [0.15, 0.2) is 18.6 Å². The Bertz CT molecular complexity index is 645. The first-order chi connectivity index (χ1) is 10.5. The predicted octanol–water partition coefficient (Wildman–Crippen LogP) is 1.47. The molecule has 0 saturated carbocycles. The van der Waals surface area contributed by atoms with Crippen LogP contribution < -0.4 is 0 Å². The summed E-state index contributed by atoms with van der Waals surface area (Å²) >= 11 is 0. The zero-order valence-corrected chi connectivity index (χ0v) is 13.3. The maximum atomic E-state index is 12.5. The maximum Gasteiger partial charge on any atom is 0.223 e. The van der Waals surface area contributed by atoms with Crippen molar-refractivity contribution in [2.24, 2.45) is 12.5 Å². The Labute approximate surface area is 129 Å². The Balaban J connectivity index is 1.60. The minimum Gasteiger partial charge on any atom is -0.334 e. The van der Waals surface area contributed by atoms with Gasteiger partial charge in [0.1, 0.15) is 0 Å². The van der Waals surface area contributed by atoms with Crippen LogP contribution in [0.25, 0.3) is 0 Å². The number of carbonyl (C=O) groups excluding carboxylic acids is 1. The van der Waals surface area contributed by atoms with Crippen LogP contribution in [0.4, 0.5) is 0 Å². The molecule has 0 aromatic carbocycles. The molecule has 1 aliphatic heterocycles. The van der Waals surface area contributed by atoms with Crippen molar-refractivity contribution in [3.8, 4) is 0 Å². The van der Waals surface area contributed by atoms with Crippen molar-refractivity contribution in [3.63, 3.8) is 0 Å². The van der Waals surface area contributed by atoms with Crippen LogP contribution in [0, 0.1) is 5.41 Å². The van der Waals surface area contributed by atoms with Gasteiger partial charge in [-0.2, -0.15) is 20.5 Å². The number of hydrogen-bond acceptors (Lipinski definition) is 4. The number of hydrogen-bond donors (Lipinski definition) is 1. The number of aromatic nitrogens is 5. The zero-order valence-electron chi connectivity index (χ0n) is 13.3. The summed E-state index contributed by atoms with van der Waals surface area (Å²) in [5, 5.41) is 14.6. The average molecular weight is 302 g/mol. The fraction of sp³-hybridized carbons (Fsp3) is 0.600. The van der Waals surface area contributed by atoms with E-state index < -0.39 is 0 Å². The molecule has 22 heavy (non-hydrogen) atoms.